The Labute approximate surface area is 178 Å². The van der Waals surface area contributed by atoms with Gasteiger partial charge in [-0.25, -0.2) is 0 Å². The van der Waals surface area contributed by atoms with Gasteiger partial charge in [0.2, 0.25) is 5.91 Å². The molecule has 7 heteroatoms. The smallest absolute Gasteiger partial charge is 0.240 e. The van der Waals surface area contributed by atoms with E-state index in [0.29, 0.717) is 18.3 Å². The Balaban J connectivity index is 1.49. The van der Waals surface area contributed by atoms with Gasteiger partial charge in [0.15, 0.2) is 5.11 Å². The number of likely N-dealkylation sites (N-methyl/N-ethyl adjacent to an activating group) is 1. The van der Waals surface area contributed by atoms with E-state index in [2.05, 4.69) is 15.1 Å². The quantitative estimate of drug-likeness (QED) is 0.736. The summed E-state index contributed by atoms with van der Waals surface area (Å²) in [5.41, 5.74) is 1.79. The number of hydrogen-bond acceptors (Lipinski definition) is 4. The number of benzene rings is 2. The maximum absolute atomic E-state index is 12.6. The van der Waals surface area contributed by atoms with E-state index in [-0.39, 0.29) is 5.91 Å². The van der Waals surface area contributed by atoms with Crippen LogP contribution in [0.15, 0.2) is 54.6 Å². The highest BCUT2D eigenvalue weighted by atomic mass is 32.1. The first-order valence-corrected chi connectivity index (χ1v) is 10.3. The van der Waals surface area contributed by atoms with E-state index in [9.17, 15) is 4.79 Å². The molecule has 1 aliphatic heterocycles. The van der Waals surface area contributed by atoms with Crippen LogP contribution >= 0.6 is 12.2 Å². The van der Waals surface area contributed by atoms with Crippen molar-refractivity contribution in [2.75, 3.05) is 56.6 Å². The average Bonchev–Trinajstić information content (AvgIpc) is 2.76. The third kappa shape index (κ3) is 5.68. The summed E-state index contributed by atoms with van der Waals surface area (Å²) in [5, 5.41) is 3.98. The van der Waals surface area contributed by atoms with Crippen molar-refractivity contribution in [2.24, 2.45) is 0 Å². The molecule has 3 rings (SSSR count). The topological polar surface area (TPSA) is 48.1 Å². The lowest BCUT2D eigenvalue weighted by Gasteiger charge is -2.36. The largest absolute Gasteiger partial charge is 0.492 e. The van der Waals surface area contributed by atoms with Gasteiger partial charge in [-0.05, 0) is 43.4 Å². The molecular weight excluding hydrogens is 384 g/mol. The molecular formula is C22H28N4O2S. The summed E-state index contributed by atoms with van der Waals surface area (Å²) in [6.07, 6.45) is 0. The zero-order valence-electron chi connectivity index (χ0n) is 17.0. The van der Waals surface area contributed by atoms with E-state index in [0.717, 1.165) is 43.3 Å². The van der Waals surface area contributed by atoms with Crippen molar-refractivity contribution in [3.63, 3.8) is 0 Å². The molecule has 1 amide bonds. The van der Waals surface area contributed by atoms with Gasteiger partial charge in [-0.3, -0.25) is 9.69 Å². The van der Waals surface area contributed by atoms with Crippen molar-refractivity contribution in [3.05, 3.63) is 54.6 Å². The minimum atomic E-state index is 0.0935. The molecule has 0 radical (unpaired) electrons. The van der Waals surface area contributed by atoms with Crippen molar-refractivity contribution >= 4 is 34.6 Å². The molecule has 154 valence electrons. The van der Waals surface area contributed by atoms with Crippen molar-refractivity contribution in [3.8, 4) is 5.75 Å². The lowest BCUT2D eigenvalue weighted by molar-refractivity contribution is -0.119. The minimum absolute atomic E-state index is 0.0935. The zero-order valence-corrected chi connectivity index (χ0v) is 17.8. The molecule has 0 unspecified atom stereocenters. The lowest BCUT2D eigenvalue weighted by atomic mass is 10.2. The van der Waals surface area contributed by atoms with Gasteiger partial charge in [-0.15, -0.1) is 0 Å². The molecule has 6 nitrogen and oxygen atoms in total. The molecule has 0 saturated carbocycles. The number of nitrogens with one attached hydrogen (secondary N) is 1. The summed E-state index contributed by atoms with van der Waals surface area (Å²) >= 11 is 5.60. The average molecular weight is 413 g/mol. The number of carbonyl (C=O) groups is 1. The van der Waals surface area contributed by atoms with Crippen LogP contribution in [-0.4, -0.2) is 67.2 Å². The number of nitrogens with zero attached hydrogens (tertiary/aromatic N) is 3. The van der Waals surface area contributed by atoms with Gasteiger partial charge >= 0.3 is 0 Å². The van der Waals surface area contributed by atoms with Crippen LogP contribution in [0.3, 0.4) is 0 Å². The fraction of sp³-hybridized carbons (Fsp3) is 0.364. The van der Waals surface area contributed by atoms with Crippen molar-refractivity contribution in [2.45, 2.75) is 6.92 Å². The predicted molar refractivity (Wildman–Crippen MR) is 122 cm³/mol. The fourth-order valence-electron chi connectivity index (χ4n) is 3.25. The number of rotatable bonds is 6. The van der Waals surface area contributed by atoms with E-state index in [4.69, 9.17) is 17.0 Å². The monoisotopic (exact) mass is 412 g/mol. The number of hydrogen-bond donors (Lipinski definition) is 1. The molecule has 1 aliphatic rings. The van der Waals surface area contributed by atoms with Crippen molar-refractivity contribution in [1.82, 2.24) is 9.80 Å². The zero-order chi connectivity index (χ0) is 20.6. The maximum atomic E-state index is 12.6. The molecule has 0 aromatic heterocycles. The molecule has 2 aromatic rings. The Morgan fingerprint density at radius 3 is 2.41 bits per heavy atom. The second-order valence-corrected chi connectivity index (χ2v) is 7.30. The molecule has 29 heavy (non-hydrogen) atoms. The van der Waals surface area contributed by atoms with E-state index in [1.807, 2.05) is 68.6 Å². The second kappa shape index (κ2) is 10.2. The molecule has 1 fully saturated rings. The third-order valence-corrected chi connectivity index (χ3v) is 5.32. The van der Waals surface area contributed by atoms with Crippen LogP contribution in [0.25, 0.3) is 0 Å². The Bertz CT molecular complexity index is 823. The summed E-state index contributed by atoms with van der Waals surface area (Å²) in [4.78, 5) is 18.6. The van der Waals surface area contributed by atoms with Gasteiger partial charge in [0.25, 0.3) is 0 Å². The molecule has 1 N–H and O–H groups in total. The normalized spacial score (nSPS) is 14.3. The molecule has 1 saturated heterocycles. The van der Waals surface area contributed by atoms with Gasteiger partial charge in [-0.2, -0.15) is 0 Å². The highest BCUT2D eigenvalue weighted by Crippen LogP contribution is 2.24. The van der Waals surface area contributed by atoms with Crippen LogP contribution in [0.5, 0.6) is 5.75 Å². The first kappa shape index (κ1) is 21.1. The van der Waals surface area contributed by atoms with Crippen molar-refractivity contribution < 1.29 is 9.53 Å². The number of carbonyl (C=O) groups excluding carboxylic acids is 1. The minimum Gasteiger partial charge on any atom is -0.492 e. The predicted octanol–water partition coefficient (Wildman–Crippen LogP) is 3.06. The van der Waals surface area contributed by atoms with Crippen LogP contribution in [0.4, 0.5) is 11.4 Å². The number of ether oxygens (including phenoxy) is 1. The first-order valence-electron chi connectivity index (χ1n) is 9.90. The summed E-state index contributed by atoms with van der Waals surface area (Å²) in [6, 6.07) is 17.5. The highest BCUT2D eigenvalue weighted by molar-refractivity contribution is 7.80. The second-order valence-electron chi connectivity index (χ2n) is 6.91. The summed E-state index contributed by atoms with van der Waals surface area (Å²) in [6.45, 7) is 6.13. The first-order chi connectivity index (χ1) is 14.1. The van der Waals surface area contributed by atoms with E-state index < -0.39 is 0 Å². The number of amides is 1. The van der Waals surface area contributed by atoms with Crippen molar-refractivity contribution in [1.29, 1.82) is 0 Å². The van der Waals surface area contributed by atoms with E-state index in [1.54, 1.807) is 4.90 Å². The number of para-hydroxylation sites is 3. The number of anilines is 2. The van der Waals surface area contributed by atoms with Gasteiger partial charge < -0.3 is 19.9 Å². The maximum Gasteiger partial charge on any atom is 0.240 e. The highest BCUT2D eigenvalue weighted by Gasteiger charge is 2.22. The molecule has 0 bridgehead atoms. The summed E-state index contributed by atoms with van der Waals surface area (Å²) in [7, 11) is 1.82. The lowest BCUT2D eigenvalue weighted by Crippen LogP contribution is -2.52. The fourth-order valence-corrected chi connectivity index (χ4v) is 3.54. The Hall–Kier alpha value is -2.64. The van der Waals surface area contributed by atoms with E-state index >= 15 is 0 Å². The van der Waals surface area contributed by atoms with Crippen LogP contribution in [-0.2, 0) is 4.79 Å². The Morgan fingerprint density at radius 2 is 1.72 bits per heavy atom. The Morgan fingerprint density at radius 1 is 1.07 bits per heavy atom. The molecule has 2 aromatic carbocycles. The number of piperazine rings is 1. The molecule has 0 atom stereocenters. The SMILES string of the molecule is CCOc1ccccc1NC(=S)N1CCN(CC(=O)N(C)c2ccccc2)CC1. The van der Waals surface area contributed by atoms with Gasteiger partial charge in [0.05, 0.1) is 18.8 Å². The Kier molecular flexibility index (Phi) is 7.43. The van der Waals surface area contributed by atoms with E-state index in [1.165, 1.54) is 0 Å². The van der Waals surface area contributed by atoms with Crippen LogP contribution < -0.4 is 15.0 Å². The number of thiocarbonyl (C=S) groups is 1. The summed E-state index contributed by atoms with van der Waals surface area (Å²) in [5.74, 6) is 0.890. The molecule has 0 spiro atoms. The van der Waals surface area contributed by atoms with Crippen LogP contribution in [0.2, 0.25) is 0 Å². The summed E-state index contributed by atoms with van der Waals surface area (Å²) < 4.78 is 5.65. The van der Waals surface area contributed by atoms with Gasteiger partial charge in [0.1, 0.15) is 5.75 Å². The van der Waals surface area contributed by atoms with Crippen LogP contribution in [0, 0.1) is 0 Å². The van der Waals surface area contributed by atoms with Gasteiger partial charge in [-0.1, -0.05) is 30.3 Å². The third-order valence-electron chi connectivity index (χ3n) is 4.96. The van der Waals surface area contributed by atoms with Crippen LogP contribution in [0.1, 0.15) is 6.92 Å². The van der Waals surface area contributed by atoms with Gasteiger partial charge in [0, 0.05) is 38.9 Å². The standard InChI is InChI=1S/C22H28N4O2S/c1-3-28-20-12-8-7-11-19(20)23-22(29)26-15-13-25(14-16-26)17-21(27)24(2)18-9-5-4-6-10-18/h4-12H,3,13-17H2,1-2H3,(H,23,29). The molecule has 1 heterocycles. The molecule has 0 aliphatic carbocycles.